The molecular weight excluding hydrogens is 386 g/mol. The minimum absolute atomic E-state index is 0.0578. The van der Waals surface area contributed by atoms with Crippen molar-refractivity contribution in [3.63, 3.8) is 0 Å². The topological polar surface area (TPSA) is 56.8 Å². The van der Waals surface area contributed by atoms with E-state index in [1.807, 2.05) is 50.2 Å². The van der Waals surface area contributed by atoms with E-state index >= 15 is 0 Å². The highest BCUT2D eigenvalue weighted by molar-refractivity contribution is 9.10. The molecule has 1 amide bonds. The van der Waals surface area contributed by atoms with E-state index < -0.39 is 0 Å². The monoisotopic (exact) mass is 407 g/mol. The number of hydrogen-bond acceptors (Lipinski definition) is 4. The number of ether oxygens (including phenoxy) is 3. The van der Waals surface area contributed by atoms with Crippen LogP contribution in [0.4, 0.5) is 0 Å². The van der Waals surface area contributed by atoms with Crippen LogP contribution < -0.4 is 19.5 Å². The molecule has 0 aromatic heterocycles. The Morgan fingerprint density at radius 3 is 2.48 bits per heavy atom. The lowest BCUT2D eigenvalue weighted by Crippen LogP contribution is -2.31. The van der Waals surface area contributed by atoms with Crippen molar-refractivity contribution < 1.29 is 19.0 Å². The van der Waals surface area contributed by atoms with Gasteiger partial charge in [-0.15, -0.1) is 0 Å². The van der Waals surface area contributed by atoms with Gasteiger partial charge in [0.15, 0.2) is 6.61 Å². The molecule has 0 saturated heterocycles. The molecule has 5 nitrogen and oxygen atoms in total. The fourth-order valence-corrected chi connectivity index (χ4v) is 2.64. The summed E-state index contributed by atoms with van der Waals surface area (Å²) in [6.45, 7) is 3.80. The number of methoxy groups -OCH3 is 2. The molecule has 2 rings (SSSR count). The quantitative estimate of drug-likeness (QED) is 0.752. The number of aryl methyl sites for hydroxylation is 1. The summed E-state index contributed by atoms with van der Waals surface area (Å²) in [7, 11) is 3.20. The molecule has 0 spiro atoms. The summed E-state index contributed by atoms with van der Waals surface area (Å²) in [6.07, 6.45) is 0. The predicted octanol–water partition coefficient (Wildman–Crippen LogP) is 4.03. The van der Waals surface area contributed by atoms with Crippen LogP contribution in [0.2, 0.25) is 0 Å². The van der Waals surface area contributed by atoms with Crippen LogP contribution in [-0.2, 0) is 4.79 Å². The standard InChI is InChI=1S/C19H22BrNO4/c1-12-9-15(5-7-17(12)20)25-11-19(22)21-13(2)16-10-14(23-3)6-8-18(16)24-4/h5-10,13H,11H2,1-4H3,(H,21,22). The third kappa shape index (κ3) is 5.13. The number of benzene rings is 2. The van der Waals surface area contributed by atoms with Gasteiger partial charge in [0.1, 0.15) is 17.2 Å². The number of hydrogen-bond donors (Lipinski definition) is 1. The smallest absolute Gasteiger partial charge is 0.258 e. The first-order valence-corrected chi connectivity index (χ1v) is 8.64. The van der Waals surface area contributed by atoms with Crippen molar-refractivity contribution >= 4 is 21.8 Å². The highest BCUT2D eigenvalue weighted by atomic mass is 79.9. The van der Waals surface area contributed by atoms with Gasteiger partial charge in [0.2, 0.25) is 0 Å². The Labute approximate surface area is 156 Å². The lowest BCUT2D eigenvalue weighted by atomic mass is 10.1. The highest BCUT2D eigenvalue weighted by Gasteiger charge is 2.15. The number of rotatable bonds is 7. The molecule has 134 valence electrons. The molecule has 0 bridgehead atoms. The minimum Gasteiger partial charge on any atom is -0.497 e. The van der Waals surface area contributed by atoms with Gasteiger partial charge >= 0.3 is 0 Å². The number of nitrogens with one attached hydrogen (secondary N) is 1. The Morgan fingerprint density at radius 2 is 1.84 bits per heavy atom. The van der Waals surface area contributed by atoms with E-state index in [0.717, 1.165) is 15.6 Å². The van der Waals surface area contributed by atoms with E-state index in [4.69, 9.17) is 14.2 Å². The fraction of sp³-hybridized carbons (Fsp3) is 0.316. The second-order valence-electron chi connectivity index (χ2n) is 5.60. The van der Waals surface area contributed by atoms with E-state index in [-0.39, 0.29) is 18.6 Å². The molecule has 0 fully saturated rings. The molecule has 2 aromatic rings. The zero-order chi connectivity index (χ0) is 18.4. The fourth-order valence-electron chi connectivity index (χ4n) is 2.39. The molecule has 0 aliphatic carbocycles. The highest BCUT2D eigenvalue weighted by Crippen LogP contribution is 2.29. The van der Waals surface area contributed by atoms with Gasteiger partial charge in [-0.3, -0.25) is 4.79 Å². The van der Waals surface area contributed by atoms with E-state index in [9.17, 15) is 4.79 Å². The van der Waals surface area contributed by atoms with Crippen molar-refractivity contribution in [2.45, 2.75) is 19.9 Å². The first-order chi connectivity index (χ1) is 11.9. The van der Waals surface area contributed by atoms with E-state index in [1.54, 1.807) is 14.2 Å². The molecule has 25 heavy (non-hydrogen) atoms. The molecule has 1 atom stereocenters. The van der Waals surface area contributed by atoms with Gasteiger partial charge in [-0.1, -0.05) is 15.9 Å². The molecule has 6 heteroatoms. The summed E-state index contributed by atoms with van der Waals surface area (Å²) in [5.74, 6) is 1.84. The van der Waals surface area contributed by atoms with Gasteiger partial charge in [0.25, 0.3) is 5.91 Å². The number of halogens is 1. The SMILES string of the molecule is COc1ccc(OC)c(C(C)NC(=O)COc2ccc(Br)c(C)c2)c1. The van der Waals surface area contributed by atoms with Gasteiger partial charge in [0, 0.05) is 10.0 Å². The summed E-state index contributed by atoms with van der Waals surface area (Å²) in [6, 6.07) is 10.8. The molecular formula is C19H22BrNO4. The molecule has 1 unspecified atom stereocenters. The maximum Gasteiger partial charge on any atom is 0.258 e. The molecule has 2 aromatic carbocycles. The summed E-state index contributed by atoms with van der Waals surface area (Å²) in [4.78, 5) is 12.2. The number of amides is 1. The van der Waals surface area contributed by atoms with Crippen molar-refractivity contribution in [1.82, 2.24) is 5.32 Å². The molecule has 0 heterocycles. The minimum atomic E-state index is -0.243. The van der Waals surface area contributed by atoms with Crippen molar-refractivity contribution in [2.75, 3.05) is 20.8 Å². The summed E-state index contributed by atoms with van der Waals surface area (Å²) >= 11 is 3.44. The normalized spacial score (nSPS) is 11.6. The van der Waals surface area contributed by atoms with E-state index in [0.29, 0.717) is 17.2 Å². The lowest BCUT2D eigenvalue weighted by Gasteiger charge is -2.18. The molecule has 0 aliphatic heterocycles. The van der Waals surface area contributed by atoms with Gasteiger partial charge in [0.05, 0.1) is 20.3 Å². The van der Waals surface area contributed by atoms with Crippen molar-refractivity contribution in [1.29, 1.82) is 0 Å². The van der Waals surface area contributed by atoms with Gasteiger partial charge in [-0.25, -0.2) is 0 Å². The van der Waals surface area contributed by atoms with Crippen molar-refractivity contribution in [3.05, 3.63) is 52.0 Å². The number of carbonyl (C=O) groups excluding carboxylic acids is 1. The van der Waals surface area contributed by atoms with Crippen molar-refractivity contribution in [3.8, 4) is 17.2 Å². The predicted molar refractivity (Wildman–Crippen MR) is 100 cm³/mol. The summed E-state index contributed by atoms with van der Waals surface area (Å²) < 4.78 is 17.2. The number of carbonyl (C=O) groups is 1. The van der Waals surface area contributed by atoms with Crippen LogP contribution in [-0.4, -0.2) is 26.7 Å². The molecule has 0 aliphatic rings. The summed E-state index contributed by atoms with van der Waals surface area (Å²) in [5.41, 5.74) is 1.89. The average molecular weight is 408 g/mol. The first-order valence-electron chi connectivity index (χ1n) is 7.84. The van der Waals surface area contributed by atoms with Crippen LogP contribution in [0.25, 0.3) is 0 Å². The van der Waals surface area contributed by atoms with Gasteiger partial charge in [-0.2, -0.15) is 0 Å². The van der Waals surface area contributed by atoms with Crippen LogP contribution in [0.5, 0.6) is 17.2 Å². The molecule has 1 N–H and O–H groups in total. The van der Waals surface area contributed by atoms with Crippen LogP contribution in [0, 0.1) is 6.92 Å². The largest absolute Gasteiger partial charge is 0.497 e. The molecule has 0 radical (unpaired) electrons. The third-order valence-corrected chi connectivity index (χ3v) is 4.67. The first kappa shape index (κ1) is 19.1. The van der Waals surface area contributed by atoms with Gasteiger partial charge in [-0.05, 0) is 55.8 Å². The third-order valence-electron chi connectivity index (χ3n) is 3.78. The average Bonchev–Trinajstić information content (AvgIpc) is 2.62. The van der Waals surface area contributed by atoms with E-state index in [2.05, 4.69) is 21.2 Å². The van der Waals surface area contributed by atoms with Crippen LogP contribution >= 0.6 is 15.9 Å². The Morgan fingerprint density at radius 1 is 1.12 bits per heavy atom. The van der Waals surface area contributed by atoms with Crippen LogP contribution in [0.3, 0.4) is 0 Å². The zero-order valence-electron chi connectivity index (χ0n) is 14.8. The zero-order valence-corrected chi connectivity index (χ0v) is 16.3. The Bertz CT molecular complexity index is 748. The van der Waals surface area contributed by atoms with Gasteiger partial charge < -0.3 is 19.5 Å². The van der Waals surface area contributed by atoms with E-state index in [1.165, 1.54) is 0 Å². The van der Waals surface area contributed by atoms with Crippen LogP contribution in [0.15, 0.2) is 40.9 Å². The van der Waals surface area contributed by atoms with Crippen LogP contribution in [0.1, 0.15) is 24.1 Å². The van der Waals surface area contributed by atoms with Crippen molar-refractivity contribution in [2.24, 2.45) is 0 Å². The summed E-state index contributed by atoms with van der Waals surface area (Å²) in [5, 5.41) is 2.91. The Kier molecular flexibility index (Phi) is 6.70. The Hall–Kier alpha value is -2.21. The molecule has 0 saturated carbocycles. The Balaban J connectivity index is 1.99. The maximum absolute atomic E-state index is 12.2. The second-order valence-corrected chi connectivity index (χ2v) is 6.45. The maximum atomic E-state index is 12.2. The lowest BCUT2D eigenvalue weighted by molar-refractivity contribution is -0.123. The second kappa shape index (κ2) is 8.76.